The number of carbonyl (C=O) groups is 5. The molecule has 2 saturated carbocycles. The topological polar surface area (TPSA) is 181 Å². The zero-order chi connectivity index (χ0) is 36.0. The first-order valence-electron chi connectivity index (χ1n) is 17.1. The zero-order valence-corrected chi connectivity index (χ0v) is 29.4. The van der Waals surface area contributed by atoms with E-state index in [0.29, 0.717) is 38.8 Å². The van der Waals surface area contributed by atoms with E-state index >= 15 is 0 Å². The summed E-state index contributed by atoms with van der Waals surface area (Å²) < 4.78 is 38.7. The van der Waals surface area contributed by atoms with E-state index in [2.05, 4.69) is 21.9 Å². The quantitative estimate of drug-likeness (QED) is 0.374. The highest BCUT2D eigenvalue weighted by atomic mass is 32.2. The number of nitrogens with zero attached hydrogens (tertiary/aromatic N) is 2. The van der Waals surface area contributed by atoms with Gasteiger partial charge < -0.3 is 25.0 Å². The molecule has 3 fully saturated rings. The van der Waals surface area contributed by atoms with Crippen molar-refractivity contribution < 1.29 is 41.9 Å². The third kappa shape index (κ3) is 7.23. The Balaban J connectivity index is 1.27. The molecule has 5 amide bonds. The van der Waals surface area contributed by atoms with Crippen LogP contribution >= 0.6 is 0 Å². The summed E-state index contributed by atoms with van der Waals surface area (Å²) in [7, 11) is -3.90. The number of fused-ring (bicyclic) bond motifs is 3. The molecule has 0 unspecified atom stereocenters. The number of hydrogen-bond acceptors (Lipinski definition) is 9. The number of sulfonamides is 1. The van der Waals surface area contributed by atoms with Crippen LogP contribution in [0.1, 0.15) is 76.0 Å². The van der Waals surface area contributed by atoms with Crippen LogP contribution in [-0.4, -0.2) is 90.3 Å². The van der Waals surface area contributed by atoms with Gasteiger partial charge in [0.1, 0.15) is 23.7 Å². The lowest BCUT2D eigenvalue weighted by atomic mass is 9.85. The molecule has 5 aliphatic rings. The number of alkyl carbamates (subject to hydrolysis) is 1. The molecule has 1 saturated heterocycles. The predicted molar refractivity (Wildman–Crippen MR) is 181 cm³/mol. The van der Waals surface area contributed by atoms with Crippen LogP contribution < -0.4 is 15.4 Å². The Bertz CT molecular complexity index is 1730. The number of cyclic esters (lactones) is 1. The SMILES string of the molecule is C=C[C@H]1C[C@]1(NC(=O)[C@@H]1C[C@@H]2CN1C(=O)[C@H](C(C)(C)C)NC(=O)OCCC/C=C/c1cccc3c1CN(C3)C(=O)O2)C(=O)NS(=O)(=O)C1CC1. The third-order valence-corrected chi connectivity index (χ3v) is 11.9. The summed E-state index contributed by atoms with van der Waals surface area (Å²) in [4.78, 5) is 71.1. The molecule has 0 aromatic heterocycles. The van der Waals surface area contributed by atoms with Crippen molar-refractivity contribution in [3.8, 4) is 0 Å². The second-order valence-corrected chi connectivity index (χ2v) is 16.9. The van der Waals surface area contributed by atoms with Crippen LogP contribution in [-0.2, 0) is 47.0 Å². The zero-order valence-electron chi connectivity index (χ0n) is 28.6. The van der Waals surface area contributed by atoms with Crippen LogP contribution in [0.15, 0.2) is 36.9 Å². The van der Waals surface area contributed by atoms with Crippen molar-refractivity contribution in [1.29, 1.82) is 0 Å². The van der Waals surface area contributed by atoms with Crippen molar-refractivity contribution in [2.75, 3.05) is 13.2 Å². The summed E-state index contributed by atoms with van der Waals surface area (Å²) in [6.07, 6.45) is 5.28. The fraction of sp³-hybridized carbons (Fsp3) is 0.571. The minimum absolute atomic E-state index is 0.0871. The van der Waals surface area contributed by atoms with Crippen LogP contribution in [0, 0.1) is 11.3 Å². The largest absolute Gasteiger partial charge is 0.450 e. The van der Waals surface area contributed by atoms with E-state index in [1.54, 1.807) is 25.7 Å². The molecular formula is C35H45N5O9S. The molecule has 50 heavy (non-hydrogen) atoms. The third-order valence-electron chi connectivity index (χ3n) is 10.1. The highest BCUT2D eigenvalue weighted by Gasteiger charge is 2.62. The Morgan fingerprint density at radius 3 is 2.58 bits per heavy atom. The van der Waals surface area contributed by atoms with Gasteiger partial charge in [0, 0.05) is 18.9 Å². The molecule has 6 rings (SSSR count). The molecular weight excluding hydrogens is 666 g/mol. The maximum Gasteiger partial charge on any atom is 0.410 e. The first-order chi connectivity index (χ1) is 23.6. The van der Waals surface area contributed by atoms with Crippen LogP contribution in [0.3, 0.4) is 0 Å². The summed E-state index contributed by atoms with van der Waals surface area (Å²) in [5.74, 6) is -2.72. The van der Waals surface area contributed by atoms with E-state index < -0.39 is 80.2 Å². The Kier molecular flexibility index (Phi) is 9.48. The summed E-state index contributed by atoms with van der Waals surface area (Å²) in [6.45, 7) is 9.65. The first-order valence-corrected chi connectivity index (χ1v) is 18.6. The lowest BCUT2D eigenvalue weighted by Gasteiger charge is -2.35. The number of nitrogens with one attached hydrogen (secondary N) is 3. The highest BCUT2D eigenvalue weighted by Crippen LogP contribution is 2.45. The van der Waals surface area contributed by atoms with Gasteiger partial charge >= 0.3 is 12.2 Å². The maximum absolute atomic E-state index is 14.3. The van der Waals surface area contributed by atoms with Crippen molar-refractivity contribution in [1.82, 2.24) is 25.2 Å². The van der Waals surface area contributed by atoms with Crippen molar-refractivity contribution >= 4 is 46.0 Å². The number of benzene rings is 1. The summed E-state index contributed by atoms with van der Waals surface area (Å²) in [5.41, 5.74) is 0.553. The minimum atomic E-state index is -3.90. The molecule has 3 N–H and O–H groups in total. The average molecular weight is 712 g/mol. The van der Waals surface area contributed by atoms with E-state index in [1.807, 2.05) is 30.4 Å². The van der Waals surface area contributed by atoms with Gasteiger partial charge in [0.15, 0.2) is 0 Å². The summed E-state index contributed by atoms with van der Waals surface area (Å²) >= 11 is 0. The Hall–Kier alpha value is -4.40. The molecule has 270 valence electrons. The van der Waals surface area contributed by atoms with Gasteiger partial charge in [0.25, 0.3) is 5.91 Å². The van der Waals surface area contributed by atoms with Crippen LogP contribution in [0.5, 0.6) is 0 Å². The number of allylic oxidation sites excluding steroid dienone is 1. The molecule has 1 aromatic carbocycles. The molecule has 3 heterocycles. The normalized spacial score (nSPS) is 29.4. The molecule has 2 aliphatic carbocycles. The van der Waals surface area contributed by atoms with Gasteiger partial charge in [0.05, 0.1) is 24.9 Å². The fourth-order valence-electron chi connectivity index (χ4n) is 6.89. The van der Waals surface area contributed by atoms with E-state index in [4.69, 9.17) is 9.47 Å². The smallest absolute Gasteiger partial charge is 0.410 e. The minimum Gasteiger partial charge on any atom is -0.450 e. The van der Waals surface area contributed by atoms with Crippen LogP contribution in [0.2, 0.25) is 0 Å². The predicted octanol–water partition coefficient (Wildman–Crippen LogP) is 2.73. The van der Waals surface area contributed by atoms with Crippen molar-refractivity contribution in [3.63, 3.8) is 0 Å². The number of ether oxygens (including phenoxy) is 2. The first kappa shape index (κ1) is 35.4. The summed E-state index contributed by atoms with van der Waals surface area (Å²) in [5, 5.41) is 4.76. The number of amides is 5. The maximum atomic E-state index is 14.3. The lowest BCUT2D eigenvalue weighted by Crippen LogP contribution is -2.60. The van der Waals surface area contributed by atoms with E-state index in [9.17, 15) is 32.4 Å². The van der Waals surface area contributed by atoms with Crippen molar-refractivity contribution in [2.45, 2.75) is 101 Å². The Morgan fingerprint density at radius 1 is 1.14 bits per heavy atom. The Morgan fingerprint density at radius 2 is 1.90 bits per heavy atom. The number of rotatable bonds is 6. The molecule has 0 spiro atoms. The fourth-order valence-corrected chi connectivity index (χ4v) is 8.26. The standard InChI is InChI=1S/C35H45N5O9S/c1-5-23-17-35(23,31(43)38-50(46,47)25-13-14-25)37-29(41)27-16-24-19-40(27)30(42)28(34(2,3)4)36-32(44)48-15-8-6-7-10-21-11-9-12-22-18-39(20-26(21)22)33(45)49-24/h5,7,9-12,23-25,27-28H,1,6,8,13-20H2,2-4H3,(H,36,44)(H,37,41)(H,38,43)/b10-7+/t23-,24+,27-,28+,35+/m0/s1. The Labute approximate surface area is 292 Å². The number of hydrogen-bond donors (Lipinski definition) is 3. The van der Waals surface area contributed by atoms with Crippen LogP contribution in [0.4, 0.5) is 9.59 Å². The molecule has 14 nitrogen and oxygen atoms in total. The molecule has 15 heteroatoms. The average Bonchev–Trinajstić information content (AvgIpc) is 3.94. The second-order valence-electron chi connectivity index (χ2n) is 14.9. The van der Waals surface area contributed by atoms with Gasteiger partial charge in [-0.1, -0.05) is 57.2 Å². The van der Waals surface area contributed by atoms with E-state index in [-0.39, 0.29) is 26.0 Å². The van der Waals surface area contributed by atoms with Gasteiger partial charge in [0.2, 0.25) is 21.8 Å². The molecule has 1 aromatic rings. The van der Waals surface area contributed by atoms with E-state index in [1.165, 1.54) is 11.0 Å². The summed E-state index contributed by atoms with van der Waals surface area (Å²) in [6, 6.07) is 3.51. The molecule has 4 bridgehead atoms. The molecule has 3 aliphatic heterocycles. The van der Waals surface area contributed by atoms with Gasteiger partial charge in [-0.15, -0.1) is 6.58 Å². The van der Waals surface area contributed by atoms with Crippen LogP contribution in [0.25, 0.3) is 6.08 Å². The van der Waals surface area contributed by atoms with E-state index in [0.717, 1.165) is 16.7 Å². The molecule has 5 atom stereocenters. The van der Waals surface area contributed by atoms with Gasteiger partial charge in [-0.05, 0) is 54.2 Å². The van der Waals surface area contributed by atoms with Gasteiger partial charge in [-0.3, -0.25) is 24.0 Å². The second kappa shape index (κ2) is 13.4. The van der Waals surface area contributed by atoms with Gasteiger partial charge in [-0.2, -0.15) is 0 Å². The van der Waals surface area contributed by atoms with Crippen molar-refractivity contribution in [2.24, 2.45) is 11.3 Å². The van der Waals surface area contributed by atoms with Gasteiger partial charge in [-0.25, -0.2) is 18.0 Å². The lowest BCUT2D eigenvalue weighted by molar-refractivity contribution is -0.142. The molecule has 0 radical (unpaired) electrons. The monoisotopic (exact) mass is 711 g/mol. The van der Waals surface area contributed by atoms with Crippen molar-refractivity contribution in [3.05, 3.63) is 53.6 Å². The highest BCUT2D eigenvalue weighted by molar-refractivity contribution is 7.91. The number of carbonyl (C=O) groups excluding carboxylic acids is 5.